The maximum absolute atomic E-state index is 13.7. The van der Waals surface area contributed by atoms with Crippen LogP contribution in [-0.2, 0) is 0 Å². The summed E-state index contributed by atoms with van der Waals surface area (Å²) in [6.45, 7) is -1.64. The van der Waals surface area contributed by atoms with E-state index in [1.165, 1.54) is 6.92 Å². The van der Waals surface area contributed by atoms with Crippen molar-refractivity contribution < 1.29 is 17.6 Å². The van der Waals surface area contributed by atoms with Crippen molar-refractivity contribution in [2.24, 2.45) is 0 Å². The first-order valence-corrected chi connectivity index (χ1v) is 4.58. The lowest BCUT2D eigenvalue weighted by Gasteiger charge is -2.05. The molecule has 0 atom stereocenters. The number of aromatic nitrogens is 2. The second-order valence-electron chi connectivity index (χ2n) is 3.37. The number of halogens is 4. The quantitative estimate of drug-likeness (QED) is 0.555. The van der Waals surface area contributed by atoms with Crippen LogP contribution < -0.4 is 0 Å². The Morgan fingerprint density at radius 1 is 1.41 bits per heavy atom. The Morgan fingerprint density at radius 2 is 2.06 bits per heavy atom. The van der Waals surface area contributed by atoms with E-state index in [9.17, 15) is 17.6 Å². The SMILES string of the molecule is C#Cc1c(F)cc2c(nc(C)n2C(F)F)c1F. The Balaban J connectivity index is 2.93. The zero-order valence-electron chi connectivity index (χ0n) is 8.64. The van der Waals surface area contributed by atoms with Crippen LogP contribution in [0.15, 0.2) is 6.07 Å². The van der Waals surface area contributed by atoms with Gasteiger partial charge in [-0.2, -0.15) is 8.78 Å². The number of rotatable bonds is 1. The lowest BCUT2D eigenvalue weighted by molar-refractivity contribution is 0.0724. The Kier molecular flexibility index (Phi) is 2.54. The van der Waals surface area contributed by atoms with E-state index in [2.05, 4.69) is 4.98 Å². The van der Waals surface area contributed by atoms with E-state index < -0.39 is 23.7 Å². The molecule has 0 saturated carbocycles. The lowest BCUT2D eigenvalue weighted by Crippen LogP contribution is -2.01. The predicted octanol–water partition coefficient (Wildman–Crippen LogP) is 3.00. The fourth-order valence-electron chi connectivity index (χ4n) is 1.65. The summed E-state index contributed by atoms with van der Waals surface area (Å²) in [6, 6.07) is 0.764. The van der Waals surface area contributed by atoms with Crippen molar-refractivity contribution in [1.82, 2.24) is 9.55 Å². The molecule has 0 radical (unpaired) electrons. The molecular weight excluding hydrogens is 236 g/mol. The molecule has 1 aromatic heterocycles. The summed E-state index contributed by atoms with van der Waals surface area (Å²) >= 11 is 0. The van der Waals surface area contributed by atoms with Crippen molar-refractivity contribution in [1.29, 1.82) is 0 Å². The average Bonchev–Trinajstić information content (AvgIpc) is 2.55. The topological polar surface area (TPSA) is 17.8 Å². The minimum Gasteiger partial charge on any atom is -0.270 e. The molecule has 2 nitrogen and oxygen atoms in total. The van der Waals surface area contributed by atoms with Gasteiger partial charge >= 0.3 is 6.55 Å². The molecule has 2 aromatic rings. The molecule has 1 heterocycles. The van der Waals surface area contributed by atoms with Gasteiger partial charge in [0.1, 0.15) is 17.2 Å². The molecule has 0 aliphatic rings. The number of fused-ring (bicyclic) bond motifs is 1. The number of hydrogen-bond donors (Lipinski definition) is 0. The Bertz CT molecular complexity index is 637. The number of nitrogens with zero attached hydrogens (tertiary/aromatic N) is 2. The third-order valence-electron chi connectivity index (χ3n) is 2.39. The number of terminal acetylenes is 1. The minimum absolute atomic E-state index is 0.109. The van der Waals surface area contributed by atoms with Crippen LogP contribution in [0.5, 0.6) is 0 Å². The summed E-state index contributed by atoms with van der Waals surface area (Å²) in [7, 11) is 0. The maximum Gasteiger partial charge on any atom is 0.320 e. The third kappa shape index (κ3) is 1.55. The van der Waals surface area contributed by atoms with Crippen LogP contribution in [0.25, 0.3) is 11.0 Å². The monoisotopic (exact) mass is 242 g/mol. The Morgan fingerprint density at radius 3 is 2.59 bits per heavy atom. The van der Waals surface area contributed by atoms with E-state index in [1.54, 1.807) is 0 Å². The van der Waals surface area contributed by atoms with Gasteiger partial charge < -0.3 is 0 Å². The molecule has 6 heteroatoms. The van der Waals surface area contributed by atoms with Crippen molar-refractivity contribution in [3.05, 3.63) is 29.1 Å². The van der Waals surface area contributed by atoms with Crippen LogP contribution in [-0.4, -0.2) is 9.55 Å². The zero-order chi connectivity index (χ0) is 12.7. The maximum atomic E-state index is 13.7. The van der Waals surface area contributed by atoms with E-state index in [1.807, 2.05) is 5.92 Å². The van der Waals surface area contributed by atoms with Gasteiger partial charge in [-0.3, -0.25) is 4.57 Å². The summed E-state index contributed by atoms with van der Waals surface area (Å²) in [4.78, 5) is 3.63. The largest absolute Gasteiger partial charge is 0.320 e. The Hall–Kier alpha value is -2.03. The molecule has 0 amide bonds. The molecule has 0 fully saturated rings. The molecule has 0 aliphatic carbocycles. The number of benzene rings is 1. The normalized spacial score (nSPS) is 11.1. The van der Waals surface area contributed by atoms with Crippen molar-refractivity contribution in [3.8, 4) is 12.3 Å². The molecule has 2 rings (SSSR count). The molecule has 88 valence electrons. The zero-order valence-corrected chi connectivity index (χ0v) is 8.64. The molecule has 1 aromatic carbocycles. The van der Waals surface area contributed by atoms with Crippen LogP contribution in [0.4, 0.5) is 17.6 Å². The van der Waals surface area contributed by atoms with Gasteiger partial charge in [-0.05, 0) is 6.92 Å². The van der Waals surface area contributed by atoms with Crippen LogP contribution in [0.2, 0.25) is 0 Å². The smallest absolute Gasteiger partial charge is 0.270 e. The van der Waals surface area contributed by atoms with Gasteiger partial charge in [-0.1, -0.05) is 5.92 Å². The molecule has 0 N–H and O–H groups in total. The van der Waals surface area contributed by atoms with Crippen LogP contribution in [0, 0.1) is 30.9 Å². The standard InChI is InChI=1S/C11H6F4N2/c1-3-6-7(12)4-8-10(9(6)13)16-5(2)17(8)11(14)15/h1,4,11H,2H3. The molecule has 17 heavy (non-hydrogen) atoms. The van der Waals surface area contributed by atoms with Gasteiger partial charge in [-0.25, -0.2) is 13.8 Å². The van der Waals surface area contributed by atoms with E-state index >= 15 is 0 Å². The Labute approximate surface area is 93.9 Å². The van der Waals surface area contributed by atoms with Crippen LogP contribution in [0.3, 0.4) is 0 Å². The summed E-state index contributed by atoms with van der Waals surface area (Å²) in [6.07, 6.45) is 4.93. The minimum atomic E-state index is -2.92. The van der Waals surface area contributed by atoms with Gasteiger partial charge in [0, 0.05) is 6.07 Å². The highest BCUT2D eigenvalue weighted by molar-refractivity contribution is 5.79. The van der Waals surface area contributed by atoms with E-state index in [0.29, 0.717) is 4.57 Å². The molecule has 0 spiro atoms. The molecule has 0 bridgehead atoms. The highest BCUT2D eigenvalue weighted by atomic mass is 19.3. The first-order chi connectivity index (χ1) is 7.97. The molecule has 0 saturated heterocycles. The summed E-state index contributed by atoms with van der Waals surface area (Å²) in [5, 5.41) is 0. The van der Waals surface area contributed by atoms with E-state index in [4.69, 9.17) is 6.42 Å². The molecule has 0 unspecified atom stereocenters. The number of aryl methyl sites for hydroxylation is 1. The number of hydrogen-bond acceptors (Lipinski definition) is 1. The number of alkyl halides is 2. The van der Waals surface area contributed by atoms with Gasteiger partial charge in [0.25, 0.3) is 0 Å². The average molecular weight is 242 g/mol. The van der Waals surface area contributed by atoms with Crippen molar-refractivity contribution in [2.45, 2.75) is 13.5 Å². The van der Waals surface area contributed by atoms with Gasteiger partial charge in [-0.15, -0.1) is 6.42 Å². The highest BCUT2D eigenvalue weighted by Crippen LogP contribution is 2.27. The third-order valence-corrected chi connectivity index (χ3v) is 2.39. The van der Waals surface area contributed by atoms with Crippen molar-refractivity contribution >= 4 is 11.0 Å². The van der Waals surface area contributed by atoms with Crippen molar-refractivity contribution in [2.75, 3.05) is 0 Å². The summed E-state index contributed by atoms with van der Waals surface area (Å²) in [5.74, 6) is -0.431. The van der Waals surface area contributed by atoms with Gasteiger partial charge in [0.05, 0.1) is 11.1 Å². The number of imidazole rings is 1. The second kappa shape index (κ2) is 3.77. The molecular formula is C11H6F4N2. The summed E-state index contributed by atoms with van der Waals surface area (Å²) in [5.41, 5.74) is -1.26. The van der Waals surface area contributed by atoms with E-state index in [-0.39, 0.29) is 16.9 Å². The molecule has 0 aliphatic heterocycles. The van der Waals surface area contributed by atoms with Crippen LogP contribution >= 0.6 is 0 Å². The fraction of sp³-hybridized carbons (Fsp3) is 0.182. The first kappa shape index (κ1) is 11.5. The predicted molar refractivity (Wildman–Crippen MR) is 53.6 cm³/mol. The lowest BCUT2D eigenvalue weighted by atomic mass is 10.2. The van der Waals surface area contributed by atoms with Crippen LogP contribution in [0.1, 0.15) is 17.9 Å². The van der Waals surface area contributed by atoms with Crippen molar-refractivity contribution in [3.63, 3.8) is 0 Å². The summed E-state index contributed by atoms with van der Waals surface area (Å²) < 4.78 is 52.8. The van der Waals surface area contributed by atoms with Gasteiger partial charge in [0.2, 0.25) is 0 Å². The fourth-order valence-corrected chi connectivity index (χ4v) is 1.65. The highest BCUT2D eigenvalue weighted by Gasteiger charge is 2.21. The van der Waals surface area contributed by atoms with E-state index in [0.717, 1.165) is 6.07 Å². The second-order valence-corrected chi connectivity index (χ2v) is 3.37. The van der Waals surface area contributed by atoms with Gasteiger partial charge in [0.15, 0.2) is 5.82 Å². The first-order valence-electron chi connectivity index (χ1n) is 4.58.